The van der Waals surface area contributed by atoms with E-state index in [0.29, 0.717) is 0 Å². The molecule has 1 heterocycles. The second-order valence-electron chi connectivity index (χ2n) is 4.23. The van der Waals surface area contributed by atoms with E-state index in [2.05, 4.69) is 5.32 Å². The number of amides is 1. The van der Waals surface area contributed by atoms with Crippen LogP contribution < -0.4 is 10.5 Å². The molecular weight excluding hydrogens is 292 g/mol. The van der Waals surface area contributed by atoms with Crippen LogP contribution in [-0.2, 0) is 14.8 Å². The Morgan fingerprint density at radius 2 is 2.00 bits per heavy atom. The zero-order valence-electron chi connectivity index (χ0n) is 10.3. The van der Waals surface area contributed by atoms with Crippen LogP contribution in [0.2, 0.25) is 0 Å². The summed E-state index contributed by atoms with van der Waals surface area (Å²) in [6, 6.07) is 0.0829. The number of thiophene rings is 1. The average Bonchev–Trinajstić information content (AvgIpc) is 2.73. The van der Waals surface area contributed by atoms with E-state index in [1.807, 2.05) is 0 Å². The Bertz CT molecular complexity index is 591. The van der Waals surface area contributed by atoms with Gasteiger partial charge in [-0.1, -0.05) is 13.8 Å². The fourth-order valence-electron chi connectivity index (χ4n) is 1.32. The molecule has 1 aromatic rings. The molecule has 0 fully saturated rings. The minimum Gasteiger partial charge on any atom is -0.480 e. The molecule has 7 nitrogen and oxygen atoms in total. The Balaban J connectivity index is 2.90. The molecule has 1 rings (SSSR count). The molecule has 0 saturated carbocycles. The van der Waals surface area contributed by atoms with Crippen molar-refractivity contribution in [1.29, 1.82) is 0 Å². The lowest BCUT2D eigenvalue weighted by Crippen LogP contribution is -2.44. The maximum atomic E-state index is 11.8. The van der Waals surface area contributed by atoms with Gasteiger partial charge in [0, 0.05) is 5.38 Å². The van der Waals surface area contributed by atoms with Crippen LogP contribution in [0.1, 0.15) is 24.2 Å². The Morgan fingerprint density at radius 1 is 1.42 bits per heavy atom. The third kappa shape index (κ3) is 4.01. The Kier molecular flexibility index (Phi) is 4.66. The summed E-state index contributed by atoms with van der Waals surface area (Å²) in [6.07, 6.45) is 0. The molecule has 0 bridgehead atoms. The summed E-state index contributed by atoms with van der Waals surface area (Å²) in [5, 5.41) is 17.5. The maximum Gasteiger partial charge on any atom is 0.326 e. The van der Waals surface area contributed by atoms with Gasteiger partial charge < -0.3 is 10.4 Å². The van der Waals surface area contributed by atoms with E-state index in [1.165, 1.54) is 5.38 Å². The zero-order valence-corrected chi connectivity index (χ0v) is 11.9. The van der Waals surface area contributed by atoms with Gasteiger partial charge in [-0.25, -0.2) is 18.4 Å². The van der Waals surface area contributed by atoms with Crippen LogP contribution in [0.25, 0.3) is 0 Å². The van der Waals surface area contributed by atoms with E-state index in [4.69, 9.17) is 10.2 Å². The highest BCUT2D eigenvalue weighted by molar-refractivity contribution is 7.91. The van der Waals surface area contributed by atoms with Crippen molar-refractivity contribution >= 4 is 33.2 Å². The highest BCUT2D eigenvalue weighted by atomic mass is 32.2. The number of hydrogen-bond donors (Lipinski definition) is 3. The second-order valence-corrected chi connectivity index (χ2v) is 6.93. The number of carboxylic acids is 1. The van der Waals surface area contributed by atoms with Gasteiger partial charge in [-0.05, 0) is 12.0 Å². The molecule has 0 aliphatic carbocycles. The molecule has 0 radical (unpaired) electrons. The van der Waals surface area contributed by atoms with E-state index in [-0.39, 0.29) is 15.7 Å². The molecule has 0 saturated heterocycles. The number of sulfonamides is 1. The first kappa shape index (κ1) is 15.6. The molecule has 1 aromatic heterocycles. The van der Waals surface area contributed by atoms with Crippen molar-refractivity contribution in [2.45, 2.75) is 24.1 Å². The molecule has 1 amide bonds. The lowest BCUT2D eigenvalue weighted by molar-refractivity contribution is -0.140. The lowest BCUT2D eigenvalue weighted by atomic mass is 10.0. The molecule has 1 atom stereocenters. The number of aliphatic carboxylic acids is 1. The Hall–Kier alpha value is -1.45. The van der Waals surface area contributed by atoms with Crippen molar-refractivity contribution in [2.24, 2.45) is 11.1 Å². The fraction of sp³-hybridized carbons (Fsp3) is 0.400. The van der Waals surface area contributed by atoms with E-state index >= 15 is 0 Å². The number of primary sulfonamides is 1. The van der Waals surface area contributed by atoms with Crippen LogP contribution in [0.3, 0.4) is 0 Å². The van der Waals surface area contributed by atoms with E-state index < -0.39 is 27.9 Å². The average molecular weight is 306 g/mol. The van der Waals surface area contributed by atoms with Gasteiger partial charge in [-0.15, -0.1) is 11.3 Å². The molecule has 0 spiro atoms. The van der Waals surface area contributed by atoms with E-state index in [9.17, 15) is 18.0 Å². The van der Waals surface area contributed by atoms with Crippen LogP contribution in [0.5, 0.6) is 0 Å². The Morgan fingerprint density at radius 3 is 2.37 bits per heavy atom. The van der Waals surface area contributed by atoms with Crippen molar-refractivity contribution in [1.82, 2.24) is 5.32 Å². The quantitative estimate of drug-likeness (QED) is 0.718. The summed E-state index contributed by atoms with van der Waals surface area (Å²) in [4.78, 5) is 22.7. The van der Waals surface area contributed by atoms with Gasteiger partial charge in [0.25, 0.3) is 5.91 Å². The summed E-state index contributed by atoms with van der Waals surface area (Å²) < 4.78 is 22.0. The molecule has 9 heteroatoms. The largest absolute Gasteiger partial charge is 0.480 e. The number of carbonyl (C=O) groups is 2. The predicted molar refractivity (Wildman–Crippen MR) is 69.4 cm³/mol. The van der Waals surface area contributed by atoms with Crippen molar-refractivity contribution in [2.75, 3.05) is 0 Å². The SMILES string of the molecule is CC(C)[C@H](NC(=O)c1csc(S(N)(=O)=O)c1)C(=O)O. The van der Waals surface area contributed by atoms with Gasteiger partial charge in [-0.3, -0.25) is 4.79 Å². The monoisotopic (exact) mass is 306 g/mol. The van der Waals surface area contributed by atoms with Crippen LogP contribution in [0.15, 0.2) is 15.7 Å². The van der Waals surface area contributed by atoms with Crippen LogP contribution >= 0.6 is 11.3 Å². The van der Waals surface area contributed by atoms with Gasteiger partial charge in [0.15, 0.2) is 0 Å². The summed E-state index contributed by atoms with van der Waals surface area (Å²) >= 11 is 0.807. The molecule has 4 N–H and O–H groups in total. The first-order valence-corrected chi connectivity index (χ1v) is 7.70. The molecule has 106 valence electrons. The van der Waals surface area contributed by atoms with Crippen molar-refractivity contribution in [3.8, 4) is 0 Å². The van der Waals surface area contributed by atoms with E-state index in [0.717, 1.165) is 17.4 Å². The molecule has 0 aliphatic rings. The minimum atomic E-state index is -3.85. The number of rotatable bonds is 5. The first-order valence-electron chi connectivity index (χ1n) is 5.28. The predicted octanol–water partition coefficient (Wildman–Crippen LogP) is 0.235. The zero-order chi connectivity index (χ0) is 14.8. The highest BCUT2D eigenvalue weighted by Crippen LogP contribution is 2.19. The molecule has 0 aromatic carbocycles. The van der Waals surface area contributed by atoms with Crippen molar-refractivity contribution in [3.63, 3.8) is 0 Å². The second kappa shape index (κ2) is 5.68. The summed E-state index contributed by atoms with van der Waals surface area (Å²) in [5.74, 6) is -2.09. The van der Waals surface area contributed by atoms with Gasteiger partial charge in [-0.2, -0.15) is 0 Å². The number of hydrogen-bond acceptors (Lipinski definition) is 5. The van der Waals surface area contributed by atoms with Gasteiger partial charge in [0.05, 0.1) is 5.56 Å². The Labute approximate surface area is 114 Å². The minimum absolute atomic E-state index is 0.0703. The summed E-state index contributed by atoms with van der Waals surface area (Å²) in [7, 11) is -3.85. The van der Waals surface area contributed by atoms with Gasteiger partial charge in [0.2, 0.25) is 10.0 Å². The third-order valence-corrected chi connectivity index (χ3v) is 4.72. The number of nitrogens with one attached hydrogen (secondary N) is 1. The van der Waals surface area contributed by atoms with Gasteiger partial charge in [0.1, 0.15) is 10.3 Å². The van der Waals surface area contributed by atoms with Crippen LogP contribution in [0.4, 0.5) is 0 Å². The molecule has 0 aliphatic heterocycles. The first-order chi connectivity index (χ1) is 8.62. The van der Waals surface area contributed by atoms with Gasteiger partial charge >= 0.3 is 5.97 Å². The van der Waals surface area contributed by atoms with Crippen LogP contribution in [0, 0.1) is 5.92 Å². The third-order valence-electron chi connectivity index (χ3n) is 2.34. The van der Waals surface area contributed by atoms with Crippen molar-refractivity contribution in [3.05, 3.63) is 17.0 Å². The normalized spacial score (nSPS) is 13.3. The molecule has 0 unspecified atom stereocenters. The summed E-state index contributed by atoms with van der Waals surface area (Å²) in [6.45, 7) is 3.31. The molecular formula is C10H14N2O5S2. The molecule has 19 heavy (non-hydrogen) atoms. The summed E-state index contributed by atoms with van der Waals surface area (Å²) in [5.41, 5.74) is 0.0703. The topological polar surface area (TPSA) is 127 Å². The number of carboxylic acid groups (broad SMARTS) is 1. The fourth-order valence-corrected chi connectivity index (χ4v) is 2.91. The lowest BCUT2D eigenvalue weighted by Gasteiger charge is -2.17. The van der Waals surface area contributed by atoms with Crippen LogP contribution in [-0.4, -0.2) is 31.4 Å². The van der Waals surface area contributed by atoms with Crippen molar-refractivity contribution < 1.29 is 23.1 Å². The highest BCUT2D eigenvalue weighted by Gasteiger charge is 2.25. The number of nitrogens with two attached hydrogens (primary N) is 1. The standard InChI is InChI=1S/C10H14N2O5S2/c1-5(2)8(10(14)15)12-9(13)6-3-7(18-4-6)19(11,16)17/h3-5,8H,1-2H3,(H,12,13)(H,14,15)(H2,11,16,17)/t8-/m0/s1. The smallest absolute Gasteiger partial charge is 0.326 e. The maximum absolute atomic E-state index is 11.8. The number of carbonyl (C=O) groups excluding carboxylic acids is 1. The van der Waals surface area contributed by atoms with E-state index in [1.54, 1.807) is 13.8 Å².